The summed E-state index contributed by atoms with van der Waals surface area (Å²) < 4.78 is 13.0. The maximum atomic E-state index is 13.0. The molecule has 18 heavy (non-hydrogen) atoms. The van der Waals surface area contributed by atoms with Crippen molar-refractivity contribution in [2.75, 3.05) is 6.54 Å². The Hall–Kier alpha value is -1.00. The van der Waals surface area contributed by atoms with Crippen molar-refractivity contribution in [3.63, 3.8) is 0 Å². The second kappa shape index (κ2) is 7.44. The molecule has 0 saturated heterocycles. The highest BCUT2D eigenvalue weighted by Crippen LogP contribution is 2.15. The zero-order chi connectivity index (χ0) is 13.5. The van der Waals surface area contributed by atoms with Crippen LogP contribution < -0.4 is 5.32 Å². The lowest BCUT2D eigenvalue weighted by molar-refractivity contribution is 0.0989. The first-order valence-electron chi connectivity index (χ1n) is 6.60. The van der Waals surface area contributed by atoms with Crippen LogP contribution in [0.15, 0.2) is 18.5 Å². The number of nitrogens with zero attached hydrogens (tertiary/aromatic N) is 1. The van der Waals surface area contributed by atoms with Gasteiger partial charge in [0, 0.05) is 18.8 Å². The van der Waals surface area contributed by atoms with Gasteiger partial charge in [-0.3, -0.25) is 4.98 Å². The predicted molar refractivity (Wildman–Crippen MR) is 70.7 cm³/mol. The fourth-order valence-corrected chi connectivity index (χ4v) is 2.08. The number of aliphatic hydroxyl groups excluding tert-OH is 1. The number of aliphatic hydroxyl groups is 1. The molecule has 1 heterocycles. The van der Waals surface area contributed by atoms with Crippen molar-refractivity contribution in [2.45, 2.75) is 45.8 Å². The van der Waals surface area contributed by atoms with E-state index in [2.05, 4.69) is 24.1 Å². The van der Waals surface area contributed by atoms with E-state index in [0.29, 0.717) is 12.5 Å². The first-order valence-corrected chi connectivity index (χ1v) is 6.60. The molecule has 0 radical (unpaired) electrons. The van der Waals surface area contributed by atoms with Crippen LogP contribution in [0.2, 0.25) is 0 Å². The van der Waals surface area contributed by atoms with E-state index in [1.165, 1.54) is 12.3 Å². The average molecular weight is 254 g/mol. The zero-order valence-electron chi connectivity index (χ0n) is 11.4. The third-order valence-electron chi connectivity index (χ3n) is 3.45. The Labute approximate surface area is 108 Å². The van der Waals surface area contributed by atoms with Gasteiger partial charge in [0.15, 0.2) is 0 Å². The summed E-state index contributed by atoms with van der Waals surface area (Å²) in [6, 6.07) is 1.45. The topological polar surface area (TPSA) is 45.1 Å². The van der Waals surface area contributed by atoms with Crippen LogP contribution in [0.5, 0.6) is 0 Å². The molecule has 0 amide bonds. The molecule has 0 aliphatic rings. The summed E-state index contributed by atoms with van der Waals surface area (Å²) in [4.78, 5) is 3.82. The monoisotopic (exact) mass is 254 g/mol. The molecular formula is C14H23FN2O. The highest BCUT2D eigenvalue weighted by Gasteiger charge is 2.16. The number of hydrogen-bond donors (Lipinski definition) is 2. The summed E-state index contributed by atoms with van der Waals surface area (Å²) in [5, 5.41) is 13.2. The molecule has 2 unspecified atom stereocenters. The molecule has 1 aromatic rings. The summed E-state index contributed by atoms with van der Waals surface area (Å²) in [5.41, 5.74) is 0.798. The first kappa shape index (κ1) is 15.1. The second-order valence-corrected chi connectivity index (χ2v) is 4.71. The van der Waals surface area contributed by atoms with Gasteiger partial charge in [0.1, 0.15) is 5.82 Å². The van der Waals surface area contributed by atoms with Crippen molar-refractivity contribution in [2.24, 2.45) is 5.92 Å². The number of hydrogen-bond acceptors (Lipinski definition) is 3. The maximum Gasteiger partial charge on any atom is 0.141 e. The Balaban J connectivity index is 2.48. The van der Waals surface area contributed by atoms with Gasteiger partial charge >= 0.3 is 0 Å². The van der Waals surface area contributed by atoms with Crippen molar-refractivity contribution in [1.29, 1.82) is 0 Å². The lowest BCUT2D eigenvalue weighted by atomic mass is 9.96. The Kier molecular flexibility index (Phi) is 6.22. The first-order chi connectivity index (χ1) is 8.58. The van der Waals surface area contributed by atoms with E-state index in [1.807, 2.05) is 6.92 Å². The molecule has 0 aliphatic heterocycles. The quantitative estimate of drug-likeness (QED) is 0.786. The molecule has 0 aliphatic carbocycles. The molecule has 0 bridgehead atoms. The molecule has 1 rings (SSSR count). The average Bonchev–Trinajstić information content (AvgIpc) is 2.37. The Bertz CT molecular complexity index is 355. The van der Waals surface area contributed by atoms with Crippen molar-refractivity contribution in [3.8, 4) is 0 Å². The van der Waals surface area contributed by atoms with Crippen molar-refractivity contribution < 1.29 is 9.50 Å². The van der Waals surface area contributed by atoms with Crippen molar-refractivity contribution >= 4 is 0 Å². The van der Waals surface area contributed by atoms with E-state index in [1.54, 1.807) is 6.20 Å². The van der Waals surface area contributed by atoms with Gasteiger partial charge in [-0.25, -0.2) is 4.39 Å². The number of pyridine rings is 1. The Morgan fingerprint density at radius 3 is 2.56 bits per heavy atom. The van der Waals surface area contributed by atoms with Gasteiger partial charge in [-0.2, -0.15) is 0 Å². The third-order valence-corrected chi connectivity index (χ3v) is 3.45. The summed E-state index contributed by atoms with van der Waals surface area (Å²) in [5.74, 6) is -0.0166. The number of rotatable bonds is 7. The number of halogens is 1. The summed E-state index contributed by atoms with van der Waals surface area (Å²) in [6.07, 6.45) is 4.41. The molecule has 1 aromatic heterocycles. The van der Waals surface area contributed by atoms with Crippen molar-refractivity contribution in [3.05, 3.63) is 29.8 Å². The SMILES string of the molecule is CCC(CC)C(O)CNC(C)c1cncc(F)c1. The third kappa shape index (κ3) is 4.35. The normalized spacial score (nSPS) is 14.8. The van der Waals surface area contributed by atoms with Gasteiger partial charge in [-0.15, -0.1) is 0 Å². The Morgan fingerprint density at radius 1 is 1.33 bits per heavy atom. The largest absolute Gasteiger partial charge is 0.392 e. The molecule has 0 aromatic carbocycles. The van der Waals surface area contributed by atoms with E-state index in [-0.39, 0.29) is 18.0 Å². The van der Waals surface area contributed by atoms with E-state index >= 15 is 0 Å². The minimum Gasteiger partial charge on any atom is -0.392 e. The fraction of sp³-hybridized carbons (Fsp3) is 0.643. The maximum absolute atomic E-state index is 13.0. The van der Waals surface area contributed by atoms with E-state index in [4.69, 9.17) is 0 Å². The van der Waals surface area contributed by atoms with Crippen LogP contribution in [0.1, 0.15) is 45.2 Å². The minimum atomic E-state index is -0.357. The number of aromatic nitrogens is 1. The van der Waals surface area contributed by atoms with Crippen LogP contribution in [0, 0.1) is 11.7 Å². The van der Waals surface area contributed by atoms with Crippen LogP contribution in [0.4, 0.5) is 4.39 Å². The molecule has 0 saturated carbocycles. The van der Waals surface area contributed by atoms with E-state index in [0.717, 1.165) is 18.4 Å². The standard InChI is InChI=1S/C14H23FN2O/c1-4-11(5-2)14(18)9-17-10(3)12-6-13(15)8-16-7-12/h6-8,10-11,14,17-18H,4-5,9H2,1-3H3. The van der Waals surface area contributed by atoms with Crippen LogP contribution in [0.25, 0.3) is 0 Å². The predicted octanol–water partition coefficient (Wildman–Crippen LogP) is 2.67. The van der Waals surface area contributed by atoms with Crippen LogP contribution in [-0.2, 0) is 0 Å². The highest BCUT2D eigenvalue weighted by atomic mass is 19.1. The molecule has 4 heteroatoms. The van der Waals surface area contributed by atoms with Crippen LogP contribution >= 0.6 is 0 Å². The van der Waals surface area contributed by atoms with E-state index < -0.39 is 0 Å². The summed E-state index contributed by atoms with van der Waals surface area (Å²) >= 11 is 0. The molecule has 3 nitrogen and oxygen atoms in total. The smallest absolute Gasteiger partial charge is 0.141 e. The molecule has 0 spiro atoms. The number of nitrogens with one attached hydrogen (secondary N) is 1. The van der Waals surface area contributed by atoms with Gasteiger partial charge in [0.2, 0.25) is 0 Å². The minimum absolute atomic E-state index is 0.0165. The molecule has 2 atom stereocenters. The molecule has 102 valence electrons. The lowest BCUT2D eigenvalue weighted by Crippen LogP contribution is -2.34. The second-order valence-electron chi connectivity index (χ2n) is 4.71. The summed E-state index contributed by atoms with van der Waals surface area (Å²) in [6.45, 7) is 6.62. The lowest BCUT2D eigenvalue weighted by Gasteiger charge is -2.22. The molecule has 2 N–H and O–H groups in total. The van der Waals surface area contributed by atoms with Crippen molar-refractivity contribution in [1.82, 2.24) is 10.3 Å². The zero-order valence-corrected chi connectivity index (χ0v) is 11.4. The highest BCUT2D eigenvalue weighted by molar-refractivity contribution is 5.14. The van der Waals surface area contributed by atoms with Gasteiger partial charge in [-0.05, 0) is 24.5 Å². The fourth-order valence-electron chi connectivity index (χ4n) is 2.08. The Morgan fingerprint density at radius 2 is 2.00 bits per heavy atom. The molecular weight excluding hydrogens is 231 g/mol. The molecule has 0 fully saturated rings. The van der Waals surface area contributed by atoms with Crippen LogP contribution in [0.3, 0.4) is 0 Å². The van der Waals surface area contributed by atoms with Crippen LogP contribution in [-0.4, -0.2) is 22.7 Å². The van der Waals surface area contributed by atoms with E-state index in [9.17, 15) is 9.50 Å². The van der Waals surface area contributed by atoms with Gasteiger partial charge < -0.3 is 10.4 Å². The summed E-state index contributed by atoms with van der Waals surface area (Å²) in [7, 11) is 0. The van der Waals surface area contributed by atoms with Gasteiger partial charge in [-0.1, -0.05) is 26.7 Å². The van der Waals surface area contributed by atoms with Gasteiger partial charge in [0.05, 0.1) is 12.3 Å². The van der Waals surface area contributed by atoms with Gasteiger partial charge in [0.25, 0.3) is 0 Å².